The molecule has 0 atom stereocenters. The molecule has 1 heterocycles. The number of nitrogens with zero attached hydrogens (tertiary/aromatic N) is 1. The summed E-state index contributed by atoms with van der Waals surface area (Å²) in [6, 6.07) is 9.99. The van der Waals surface area contributed by atoms with Crippen molar-refractivity contribution in [1.82, 2.24) is 4.98 Å². The average Bonchev–Trinajstić information content (AvgIpc) is 2.41. The number of rotatable bonds is 5. The maximum atomic E-state index is 12.2. The fraction of sp³-hybridized carbons (Fsp3) is 0.267. The molecule has 2 aromatic rings. The van der Waals surface area contributed by atoms with E-state index in [9.17, 15) is 8.42 Å². The first-order chi connectivity index (χ1) is 9.87. The monoisotopic (exact) mass is 324 g/mol. The van der Waals surface area contributed by atoms with Gasteiger partial charge in [0, 0.05) is 6.20 Å². The van der Waals surface area contributed by atoms with E-state index in [0.29, 0.717) is 10.9 Å². The van der Waals surface area contributed by atoms with Gasteiger partial charge in [-0.3, -0.25) is 4.72 Å². The molecule has 0 spiro atoms. The van der Waals surface area contributed by atoms with E-state index in [2.05, 4.69) is 23.6 Å². The minimum absolute atomic E-state index is 0.215. The Bertz CT molecular complexity index is 695. The molecule has 0 radical (unpaired) electrons. The Morgan fingerprint density at radius 2 is 1.81 bits per heavy atom. The maximum Gasteiger partial charge on any atom is 0.263 e. The summed E-state index contributed by atoms with van der Waals surface area (Å²) >= 11 is 5.72. The van der Waals surface area contributed by atoms with Crippen LogP contribution in [0.25, 0.3) is 0 Å². The largest absolute Gasteiger partial charge is 0.263 e. The quantitative estimate of drug-likeness (QED) is 0.911. The molecule has 0 aliphatic carbocycles. The van der Waals surface area contributed by atoms with Gasteiger partial charge in [0.25, 0.3) is 10.0 Å². The number of hydrogen-bond donors (Lipinski definition) is 1. The molecule has 112 valence electrons. The fourth-order valence-corrected chi connectivity index (χ4v) is 3.03. The van der Waals surface area contributed by atoms with Crippen LogP contribution in [0.2, 0.25) is 5.02 Å². The molecule has 0 aliphatic rings. The highest BCUT2D eigenvalue weighted by Crippen LogP contribution is 2.17. The van der Waals surface area contributed by atoms with E-state index in [-0.39, 0.29) is 10.7 Å². The minimum Gasteiger partial charge on any atom is -0.263 e. The molecule has 21 heavy (non-hydrogen) atoms. The first kappa shape index (κ1) is 15.8. The smallest absolute Gasteiger partial charge is 0.263 e. The predicted molar refractivity (Wildman–Crippen MR) is 85.0 cm³/mol. The number of pyridine rings is 1. The summed E-state index contributed by atoms with van der Waals surface area (Å²) < 4.78 is 26.9. The summed E-state index contributed by atoms with van der Waals surface area (Å²) in [6.07, 6.45) is 2.32. The molecule has 0 saturated heterocycles. The van der Waals surface area contributed by atoms with Crippen molar-refractivity contribution in [3.63, 3.8) is 0 Å². The zero-order valence-corrected chi connectivity index (χ0v) is 13.4. The highest BCUT2D eigenvalue weighted by atomic mass is 35.5. The van der Waals surface area contributed by atoms with Gasteiger partial charge in [-0.2, -0.15) is 0 Å². The lowest BCUT2D eigenvalue weighted by Crippen LogP contribution is -2.13. The van der Waals surface area contributed by atoms with E-state index in [1.807, 2.05) is 12.1 Å². The molecule has 1 aromatic heterocycles. The Hall–Kier alpha value is -1.59. The van der Waals surface area contributed by atoms with Crippen LogP contribution in [0, 0.1) is 5.92 Å². The fourth-order valence-electron chi connectivity index (χ4n) is 1.91. The van der Waals surface area contributed by atoms with Crippen LogP contribution in [0.4, 0.5) is 5.82 Å². The van der Waals surface area contributed by atoms with E-state index >= 15 is 0 Å². The lowest BCUT2D eigenvalue weighted by molar-refractivity contribution is 0.601. The normalized spacial score (nSPS) is 11.6. The highest BCUT2D eigenvalue weighted by molar-refractivity contribution is 7.92. The standard InChI is InChI=1S/C15H17ClN2O2S/c1-11(2)9-12-3-6-14(7-4-12)21(19,20)18-15-8-5-13(16)10-17-15/h3-8,10-11H,9H2,1-2H3,(H,17,18). The van der Waals surface area contributed by atoms with Crippen LogP contribution < -0.4 is 4.72 Å². The second-order valence-corrected chi connectivity index (χ2v) is 7.33. The van der Waals surface area contributed by atoms with Gasteiger partial charge in [0.15, 0.2) is 0 Å². The summed E-state index contributed by atoms with van der Waals surface area (Å²) in [4.78, 5) is 4.14. The van der Waals surface area contributed by atoms with Crippen molar-refractivity contribution in [2.75, 3.05) is 4.72 Å². The van der Waals surface area contributed by atoms with Crippen molar-refractivity contribution in [3.8, 4) is 0 Å². The lowest BCUT2D eigenvalue weighted by Gasteiger charge is -2.09. The van der Waals surface area contributed by atoms with Gasteiger partial charge < -0.3 is 0 Å². The molecule has 1 N–H and O–H groups in total. The molecule has 0 unspecified atom stereocenters. The number of anilines is 1. The van der Waals surface area contributed by atoms with Crippen LogP contribution in [-0.2, 0) is 16.4 Å². The van der Waals surface area contributed by atoms with Crippen molar-refractivity contribution in [1.29, 1.82) is 0 Å². The summed E-state index contributed by atoms with van der Waals surface area (Å²) in [6.45, 7) is 4.25. The summed E-state index contributed by atoms with van der Waals surface area (Å²) in [5, 5.41) is 0.455. The summed E-state index contributed by atoms with van der Waals surface area (Å²) in [7, 11) is -3.63. The number of benzene rings is 1. The lowest BCUT2D eigenvalue weighted by atomic mass is 10.0. The van der Waals surface area contributed by atoms with Crippen molar-refractivity contribution >= 4 is 27.4 Å². The van der Waals surface area contributed by atoms with Crippen LogP contribution in [0.5, 0.6) is 0 Å². The molecule has 4 nitrogen and oxygen atoms in total. The molecular weight excluding hydrogens is 308 g/mol. The zero-order chi connectivity index (χ0) is 15.5. The van der Waals surface area contributed by atoms with E-state index < -0.39 is 10.0 Å². The SMILES string of the molecule is CC(C)Cc1ccc(S(=O)(=O)Nc2ccc(Cl)cn2)cc1. The van der Waals surface area contributed by atoms with Crippen molar-refractivity contribution in [2.45, 2.75) is 25.2 Å². The Labute approximate surface area is 130 Å². The van der Waals surface area contributed by atoms with Crippen molar-refractivity contribution < 1.29 is 8.42 Å². The second-order valence-electron chi connectivity index (χ2n) is 5.21. The molecular formula is C15H17ClN2O2S. The summed E-state index contributed by atoms with van der Waals surface area (Å²) in [5.41, 5.74) is 1.12. The maximum absolute atomic E-state index is 12.2. The molecule has 0 amide bonds. The van der Waals surface area contributed by atoms with Crippen LogP contribution >= 0.6 is 11.6 Å². The van der Waals surface area contributed by atoms with Crippen molar-refractivity contribution in [2.24, 2.45) is 5.92 Å². The predicted octanol–water partition coefficient (Wildman–Crippen LogP) is 3.73. The topological polar surface area (TPSA) is 59.1 Å². The molecule has 0 saturated carbocycles. The first-order valence-electron chi connectivity index (χ1n) is 6.60. The Kier molecular flexibility index (Phi) is 4.85. The van der Waals surface area contributed by atoms with E-state index in [1.54, 1.807) is 18.2 Å². The molecule has 1 aromatic carbocycles. The number of sulfonamides is 1. The highest BCUT2D eigenvalue weighted by Gasteiger charge is 2.14. The van der Waals surface area contributed by atoms with Gasteiger partial charge >= 0.3 is 0 Å². The van der Waals surface area contributed by atoms with Crippen LogP contribution in [0.15, 0.2) is 47.5 Å². The molecule has 0 aliphatic heterocycles. The Morgan fingerprint density at radius 3 is 2.33 bits per heavy atom. The molecule has 2 rings (SSSR count). The molecule has 6 heteroatoms. The first-order valence-corrected chi connectivity index (χ1v) is 8.46. The minimum atomic E-state index is -3.63. The number of halogens is 1. The van der Waals surface area contributed by atoms with Gasteiger partial charge in [-0.05, 0) is 42.2 Å². The van der Waals surface area contributed by atoms with E-state index in [0.717, 1.165) is 12.0 Å². The van der Waals surface area contributed by atoms with Gasteiger partial charge in [-0.15, -0.1) is 0 Å². The van der Waals surface area contributed by atoms with E-state index in [4.69, 9.17) is 11.6 Å². The van der Waals surface area contributed by atoms with Gasteiger partial charge in [-0.1, -0.05) is 37.6 Å². The van der Waals surface area contributed by atoms with Crippen LogP contribution in [-0.4, -0.2) is 13.4 Å². The van der Waals surface area contributed by atoms with Gasteiger partial charge in [0.2, 0.25) is 0 Å². The van der Waals surface area contributed by atoms with Crippen molar-refractivity contribution in [3.05, 3.63) is 53.2 Å². The zero-order valence-electron chi connectivity index (χ0n) is 11.9. The number of nitrogens with one attached hydrogen (secondary N) is 1. The summed E-state index contributed by atoms with van der Waals surface area (Å²) in [5.74, 6) is 0.773. The third kappa shape index (κ3) is 4.44. The number of aromatic nitrogens is 1. The molecule has 0 bridgehead atoms. The average molecular weight is 325 g/mol. The van der Waals surface area contributed by atoms with Crippen LogP contribution in [0.1, 0.15) is 19.4 Å². The van der Waals surface area contributed by atoms with Crippen LogP contribution in [0.3, 0.4) is 0 Å². The van der Waals surface area contributed by atoms with Gasteiger partial charge in [-0.25, -0.2) is 13.4 Å². The number of hydrogen-bond acceptors (Lipinski definition) is 3. The Balaban J connectivity index is 2.17. The third-order valence-corrected chi connectivity index (χ3v) is 4.44. The van der Waals surface area contributed by atoms with Gasteiger partial charge in [0.05, 0.1) is 9.92 Å². The third-order valence-electron chi connectivity index (χ3n) is 2.84. The van der Waals surface area contributed by atoms with Gasteiger partial charge in [0.1, 0.15) is 5.82 Å². The van der Waals surface area contributed by atoms with E-state index in [1.165, 1.54) is 12.3 Å². The second kappa shape index (κ2) is 6.45. The Morgan fingerprint density at radius 1 is 1.14 bits per heavy atom. The molecule has 0 fully saturated rings.